The number of carboxylic acids is 1. The molecule has 4 heteroatoms. The Morgan fingerprint density at radius 3 is 2.24 bits per heavy atom. The minimum absolute atomic E-state index is 0.0671. The van der Waals surface area contributed by atoms with E-state index in [1.807, 2.05) is 0 Å². The van der Waals surface area contributed by atoms with Gasteiger partial charge in [-0.15, -0.1) is 0 Å². The van der Waals surface area contributed by atoms with Crippen LogP contribution in [0.15, 0.2) is 17.3 Å². The van der Waals surface area contributed by atoms with Crippen molar-refractivity contribution in [3.05, 3.63) is 12.2 Å². The Bertz CT molecular complexity index is 937. The Kier molecular flexibility index (Phi) is 5.27. The number of aliphatic carboxylic acids is 1. The summed E-state index contributed by atoms with van der Waals surface area (Å²) in [6.07, 6.45) is 10.5. The first kappa shape index (κ1) is 24.4. The number of nitrogens with zero attached hydrogens (tertiary/aromatic N) is 1. The minimum atomic E-state index is -0.545. The number of carboxylic acid groups (broad SMARTS) is 1. The third-order valence-electron chi connectivity index (χ3n) is 13.4. The van der Waals surface area contributed by atoms with Crippen LogP contribution in [0.1, 0.15) is 106 Å². The van der Waals surface area contributed by atoms with Crippen molar-refractivity contribution in [3.8, 4) is 0 Å². The highest BCUT2D eigenvalue weighted by molar-refractivity contribution is 5.90. The molecule has 0 radical (unpaired) electrons. The van der Waals surface area contributed by atoms with Crippen molar-refractivity contribution in [2.45, 2.75) is 106 Å². The molecule has 0 heterocycles. The average molecular weight is 470 g/mol. The van der Waals surface area contributed by atoms with E-state index in [1.165, 1.54) is 24.8 Å². The zero-order chi connectivity index (χ0) is 24.9. The van der Waals surface area contributed by atoms with Crippen molar-refractivity contribution < 1.29 is 15.1 Å². The number of hydrogen-bond donors (Lipinski definition) is 2. The first-order valence-corrected chi connectivity index (χ1v) is 13.9. The van der Waals surface area contributed by atoms with Crippen molar-refractivity contribution in [3.63, 3.8) is 0 Å². The molecule has 4 unspecified atom stereocenters. The fraction of sp³-hybridized carbons (Fsp3) is 0.867. The van der Waals surface area contributed by atoms with Gasteiger partial charge in [-0.3, -0.25) is 4.79 Å². The van der Waals surface area contributed by atoms with E-state index in [4.69, 9.17) is 0 Å². The van der Waals surface area contributed by atoms with Gasteiger partial charge in [-0.25, -0.2) is 0 Å². The highest BCUT2D eigenvalue weighted by atomic mass is 16.4. The van der Waals surface area contributed by atoms with Crippen LogP contribution in [0, 0.1) is 56.7 Å². The Balaban J connectivity index is 1.56. The maximum Gasteiger partial charge on any atom is 0.309 e. The van der Waals surface area contributed by atoms with Crippen LogP contribution in [0.5, 0.6) is 0 Å². The van der Waals surface area contributed by atoms with Crippen LogP contribution >= 0.6 is 0 Å². The second-order valence-electron chi connectivity index (χ2n) is 14.4. The first-order valence-electron chi connectivity index (χ1n) is 13.9. The number of rotatable bonds is 2. The van der Waals surface area contributed by atoms with Gasteiger partial charge in [0.1, 0.15) is 0 Å². The maximum atomic E-state index is 12.8. The molecular formula is C30H47NO3. The average Bonchev–Trinajstić information content (AvgIpc) is 3.15. The lowest BCUT2D eigenvalue weighted by atomic mass is 9.32. The normalized spacial score (nSPS) is 52.8. The fourth-order valence-electron chi connectivity index (χ4n) is 11.5. The van der Waals surface area contributed by atoms with E-state index in [9.17, 15) is 15.1 Å². The van der Waals surface area contributed by atoms with Gasteiger partial charge in [-0.05, 0) is 117 Å². The molecular weight excluding hydrogens is 422 g/mol. The lowest BCUT2D eigenvalue weighted by Gasteiger charge is -2.72. The van der Waals surface area contributed by atoms with Gasteiger partial charge in [0.2, 0.25) is 0 Å². The van der Waals surface area contributed by atoms with Crippen molar-refractivity contribution in [2.24, 2.45) is 61.8 Å². The molecule has 5 saturated carbocycles. The van der Waals surface area contributed by atoms with Gasteiger partial charge in [0.15, 0.2) is 0 Å². The zero-order valence-electron chi connectivity index (χ0n) is 22.4. The van der Waals surface area contributed by atoms with Gasteiger partial charge in [-0.1, -0.05) is 51.9 Å². The summed E-state index contributed by atoms with van der Waals surface area (Å²) in [5.41, 5.74) is 2.20. The fourth-order valence-corrected chi connectivity index (χ4v) is 11.5. The summed E-state index contributed by atoms with van der Waals surface area (Å²) < 4.78 is 0. The predicted molar refractivity (Wildman–Crippen MR) is 136 cm³/mol. The van der Waals surface area contributed by atoms with Crippen LogP contribution in [0.3, 0.4) is 0 Å². The predicted octanol–water partition coefficient (Wildman–Crippen LogP) is 7.56. The Morgan fingerprint density at radius 2 is 1.62 bits per heavy atom. The van der Waals surface area contributed by atoms with E-state index < -0.39 is 11.4 Å². The lowest BCUT2D eigenvalue weighted by Crippen LogP contribution is -2.66. The summed E-state index contributed by atoms with van der Waals surface area (Å²) in [5.74, 6) is 1.69. The molecule has 0 aromatic heterocycles. The second-order valence-corrected chi connectivity index (χ2v) is 14.4. The van der Waals surface area contributed by atoms with Crippen LogP contribution in [-0.2, 0) is 4.79 Å². The summed E-state index contributed by atoms with van der Waals surface area (Å²) in [7, 11) is 0. The Labute approximate surface area is 206 Å². The van der Waals surface area contributed by atoms with Crippen molar-refractivity contribution in [1.82, 2.24) is 0 Å². The number of allylic oxidation sites excluding steroid dienone is 1. The summed E-state index contributed by atoms with van der Waals surface area (Å²) in [4.78, 5) is 12.8. The lowest BCUT2D eigenvalue weighted by molar-refractivity contribution is -0.230. The summed E-state index contributed by atoms with van der Waals surface area (Å²) >= 11 is 0. The SMILES string of the molecule is C=C(C)[C@@H]1CC[C@]2(C(=O)O)CC[C@]3(C)C(CCC4[C@@]5(C)CC/C(=N\O)C(C)(C)C5CC[C@]43C)C12. The molecule has 0 amide bonds. The third-order valence-corrected chi connectivity index (χ3v) is 13.4. The topological polar surface area (TPSA) is 69.9 Å². The summed E-state index contributed by atoms with van der Waals surface area (Å²) in [6.45, 7) is 18.8. The largest absolute Gasteiger partial charge is 0.481 e. The maximum absolute atomic E-state index is 12.8. The van der Waals surface area contributed by atoms with Crippen molar-refractivity contribution in [2.75, 3.05) is 0 Å². The molecule has 190 valence electrons. The molecule has 0 aliphatic heterocycles. The van der Waals surface area contributed by atoms with Gasteiger partial charge in [0.25, 0.3) is 0 Å². The highest BCUT2D eigenvalue weighted by Crippen LogP contribution is 2.77. The van der Waals surface area contributed by atoms with Crippen LogP contribution in [0.2, 0.25) is 0 Å². The van der Waals surface area contributed by atoms with E-state index in [0.717, 1.165) is 50.7 Å². The summed E-state index contributed by atoms with van der Waals surface area (Å²) in [6, 6.07) is 0. The monoisotopic (exact) mass is 469 g/mol. The van der Waals surface area contributed by atoms with Crippen molar-refractivity contribution >= 4 is 11.7 Å². The molecule has 0 spiro atoms. The van der Waals surface area contributed by atoms with Crippen LogP contribution < -0.4 is 0 Å². The minimum Gasteiger partial charge on any atom is -0.481 e. The zero-order valence-corrected chi connectivity index (χ0v) is 22.4. The van der Waals surface area contributed by atoms with Gasteiger partial charge < -0.3 is 10.3 Å². The second kappa shape index (κ2) is 7.35. The van der Waals surface area contributed by atoms with Gasteiger partial charge in [-0.2, -0.15) is 0 Å². The molecule has 4 nitrogen and oxygen atoms in total. The standard InChI is InChI=1S/C30H47NO3/c1-18(2)19-10-15-30(25(32)33)17-16-28(6)20(24(19)30)8-9-22-27(5)13-12-23(31-34)26(3,4)21(27)11-14-29(22,28)7/h19-22,24,34H,1,8-17H2,2-7H3,(H,32,33)/b31-23+/t19-,20?,21?,22?,24?,27-,28+,29+,30-/m0/s1. The number of fused-ring (bicyclic) bond motifs is 7. The molecule has 0 aromatic rings. The molecule has 0 aromatic carbocycles. The molecule has 0 saturated heterocycles. The molecule has 2 N–H and O–H groups in total. The van der Waals surface area contributed by atoms with E-state index >= 15 is 0 Å². The van der Waals surface area contributed by atoms with E-state index in [2.05, 4.69) is 53.3 Å². The van der Waals surface area contributed by atoms with E-state index in [0.29, 0.717) is 23.7 Å². The van der Waals surface area contributed by atoms with Crippen molar-refractivity contribution in [1.29, 1.82) is 0 Å². The van der Waals surface area contributed by atoms with Crippen LogP contribution in [0.25, 0.3) is 0 Å². The molecule has 5 fully saturated rings. The summed E-state index contributed by atoms with van der Waals surface area (Å²) in [5, 5.41) is 24.0. The molecule has 9 atom stereocenters. The molecule has 34 heavy (non-hydrogen) atoms. The molecule has 5 aliphatic carbocycles. The molecule has 0 bridgehead atoms. The van der Waals surface area contributed by atoms with Crippen LogP contribution in [-0.4, -0.2) is 22.0 Å². The van der Waals surface area contributed by atoms with E-state index in [1.54, 1.807) is 0 Å². The Hall–Kier alpha value is -1.32. The Morgan fingerprint density at radius 1 is 0.912 bits per heavy atom. The highest BCUT2D eigenvalue weighted by Gasteiger charge is 2.71. The molecule has 5 aliphatic rings. The van der Waals surface area contributed by atoms with E-state index in [-0.39, 0.29) is 27.6 Å². The third kappa shape index (κ3) is 2.72. The number of oxime groups is 1. The van der Waals surface area contributed by atoms with Gasteiger partial charge in [0, 0.05) is 5.41 Å². The number of carbonyl (C=O) groups is 1. The smallest absolute Gasteiger partial charge is 0.309 e. The number of hydrogen-bond acceptors (Lipinski definition) is 3. The van der Waals surface area contributed by atoms with Gasteiger partial charge in [0.05, 0.1) is 11.1 Å². The molecule has 5 rings (SSSR count). The first-order chi connectivity index (χ1) is 15.8. The van der Waals surface area contributed by atoms with Crippen LogP contribution in [0.4, 0.5) is 0 Å². The quantitative estimate of drug-likeness (QED) is 0.249. The van der Waals surface area contributed by atoms with Gasteiger partial charge >= 0.3 is 5.97 Å².